The average molecular weight is 324 g/mol. The van der Waals surface area contributed by atoms with Gasteiger partial charge in [0.05, 0.1) is 6.42 Å². The molecular weight excluding hydrogens is 308 g/mol. The number of aromatic nitrogens is 1. The lowest BCUT2D eigenvalue weighted by atomic mass is 10.1. The van der Waals surface area contributed by atoms with E-state index in [0.717, 1.165) is 0 Å². The number of aryl methyl sites for hydroxylation is 2. The number of hydrogen-bond donors (Lipinski definition) is 2. The van der Waals surface area contributed by atoms with Gasteiger partial charge in [-0.15, -0.1) is 0 Å². The smallest absolute Gasteiger partial charge is 0.307 e. The molecule has 0 aliphatic heterocycles. The first-order valence-corrected chi connectivity index (χ1v) is 8.00. The number of sulfonamides is 1. The first-order chi connectivity index (χ1) is 10.3. The minimum absolute atomic E-state index is 0.00412. The van der Waals surface area contributed by atoms with Crippen LogP contribution in [0.2, 0.25) is 0 Å². The first-order valence-electron chi connectivity index (χ1n) is 6.52. The topological polar surface area (TPSA) is 110 Å². The van der Waals surface area contributed by atoms with Crippen molar-refractivity contribution in [1.82, 2.24) is 9.88 Å². The van der Waals surface area contributed by atoms with Gasteiger partial charge in [-0.05, 0) is 25.0 Å². The molecule has 0 radical (unpaired) electrons. The third-order valence-corrected chi connectivity index (χ3v) is 4.79. The predicted octanol–water partition coefficient (Wildman–Crippen LogP) is 1.40. The maximum absolute atomic E-state index is 12.3. The van der Waals surface area contributed by atoms with Crippen LogP contribution in [0.1, 0.15) is 22.6 Å². The molecule has 2 rings (SSSR count). The number of nitrogens with zero attached hydrogens (tertiary/aromatic N) is 1. The summed E-state index contributed by atoms with van der Waals surface area (Å²) in [6, 6.07) is 6.79. The van der Waals surface area contributed by atoms with Crippen LogP contribution < -0.4 is 4.72 Å². The molecule has 22 heavy (non-hydrogen) atoms. The van der Waals surface area contributed by atoms with Gasteiger partial charge in [-0.1, -0.05) is 29.4 Å². The van der Waals surface area contributed by atoms with Crippen LogP contribution in [0, 0.1) is 13.8 Å². The number of benzene rings is 1. The summed E-state index contributed by atoms with van der Waals surface area (Å²) >= 11 is 0. The van der Waals surface area contributed by atoms with E-state index < -0.39 is 16.0 Å². The Morgan fingerprint density at radius 3 is 2.45 bits per heavy atom. The third kappa shape index (κ3) is 3.52. The molecule has 0 saturated heterocycles. The molecule has 0 fully saturated rings. The minimum Gasteiger partial charge on any atom is -0.481 e. The summed E-state index contributed by atoms with van der Waals surface area (Å²) in [5.41, 5.74) is 1.46. The molecule has 0 amide bonds. The maximum atomic E-state index is 12.3. The highest BCUT2D eigenvalue weighted by Gasteiger charge is 2.24. The molecule has 118 valence electrons. The summed E-state index contributed by atoms with van der Waals surface area (Å²) in [6.07, 6.45) is -0.163. The molecule has 7 nitrogen and oxygen atoms in total. The third-order valence-electron chi connectivity index (χ3n) is 3.15. The summed E-state index contributed by atoms with van der Waals surface area (Å²) in [7, 11) is -3.78. The first kappa shape index (κ1) is 16.2. The van der Waals surface area contributed by atoms with Gasteiger partial charge < -0.3 is 9.63 Å². The second kappa shape index (κ2) is 6.29. The summed E-state index contributed by atoms with van der Waals surface area (Å²) < 4.78 is 31.9. The zero-order valence-electron chi connectivity index (χ0n) is 12.2. The molecular formula is C14H16N2O5S. The standard InChI is InChI=1S/C14H16N2O5S/c1-9-14(10(2)21-16-9)22(19,20)15-8-12-6-4-3-5-11(12)7-13(17)18/h3-6,15H,7-8H2,1-2H3,(H,17,18). The molecule has 2 aromatic rings. The lowest BCUT2D eigenvalue weighted by Crippen LogP contribution is -2.25. The van der Waals surface area contributed by atoms with Crippen LogP contribution in [-0.4, -0.2) is 24.7 Å². The van der Waals surface area contributed by atoms with E-state index in [1.165, 1.54) is 6.92 Å². The highest BCUT2D eigenvalue weighted by molar-refractivity contribution is 7.89. The molecule has 0 unspecified atom stereocenters. The van der Waals surface area contributed by atoms with Gasteiger partial charge in [0, 0.05) is 6.54 Å². The molecule has 0 aliphatic carbocycles. The van der Waals surface area contributed by atoms with Crippen molar-refractivity contribution in [3.63, 3.8) is 0 Å². The molecule has 0 saturated carbocycles. The molecule has 1 aromatic carbocycles. The predicted molar refractivity (Wildman–Crippen MR) is 77.8 cm³/mol. The average Bonchev–Trinajstić information content (AvgIpc) is 2.77. The summed E-state index contributed by atoms with van der Waals surface area (Å²) in [4.78, 5) is 10.9. The zero-order valence-corrected chi connectivity index (χ0v) is 13.0. The van der Waals surface area contributed by atoms with Crippen LogP contribution in [0.3, 0.4) is 0 Å². The van der Waals surface area contributed by atoms with Crippen molar-refractivity contribution in [2.45, 2.75) is 31.7 Å². The van der Waals surface area contributed by atoms with Gasteiger partial charge in [-0.25, -0.2) is 13.1 Å². The number of carbonyl (C=O) groups is 1. The van der Waals surface area contributed by atoms with Crippen molar-refractivity contribution in [3.8, 4) is 0 Å². The van der Waals surface area contributed by atoms with E-state index >= 15 is 0 Å². The Morgan fingerprint density at radius 2 is 1.91 bits per heavy atom. The van der Waals surface area contributed by atoms with Crippen LogP contribution >= 0.6 is 0 Å². The van der Waals surface area contributed by atoms with E-state index in [9.17, 15) is 13.2 Å². The van der Waals surface area contributed by atoms with Crippen LogP contribution in [-0.2, 0) is 27.8 Å². The number of rotatable bonds is 6. The molecule has 1 heterocycles. The lowest BCUT2D eigenvalue weighted by Gasteiger charge is -2.09. The number of carboxylic acids is 1. The molecule has 8 heteroatoms. The zero-order chi connectivity index (χ0) is 16.3. The van der Waals surface area contributed by atoms with Gasteiger partial charge in [0.1, 0.15) is 10.6 Å². The molecule has 2 N–H and O–H groups in total. The molecule has 0 atom stereocenters. The van der Waals surface area contributed by atoms with Crippen LogP contribution in [0.4, 0.5) is 0 Å². The fourth-order valence-corrected chi connectivity index (χ4v) is 3.50. The minimum atomic E-state index is -3.78. The number of aliphatic carboxylic acids is 1. The normalized spacial score (nSPS) is 11.5. The Balaban J connectivity index is 2.22. The number of carboxylic acid groups (broad SMARTS) is 1. The molecule has 0 bridgehead atoms. The van der Waals surface area contributed by atoms with Crippen LogP contribution in [0.25, 0.3) is 0 Å². The van der Waals surface area contributed by atoms with E-state index in [2.05, 4.69) is 9.88 Å². The van der Waals surface area contributed by atoms with Crippen LogP contribution in [0.15, 0.2) is 33.7 Å². The van der Waals surface area contributed by atoms with Crippen LogP contribution in [0.5, 0.6) is 0 Å². The van der Waals surface area contributed by atoms with E-state index in [4.69, 9.17) is 9.63 Å². The van der Waals surface area contributed by atoms with Crippen molar-refractivity contribution in [2.24, 2.45) is 0 Å². The summed E-state index contributed by atoms with van der Waals surface area (Å²) in [6.45, 7) is 3.06. The Kier molecular flexibility index (Phi) is 4.62. The Bertz CT molecular complexity index is 776. The SMILES string of the molecule is Cc1noc(C)c1S(=O)(=O)NCc1ccccc1CC(=O)O. The quantitative estimate of drug-likeness (QED) is 0.831. The summed E-state index contributed by atoms with van der Waals surface area (Å²) in [5.74, 6) is -0.759. The lowest BCUT2D eigenvalue weighted by molar-refractivity contribution is -0.136. The molecule has 1 aromatic heterocycles. The van der Waals surface area contributed by atoms with E-state index in [-0.39, 0.29) is 29.3 Å². The highest BCUT2D eigenvalue weighted by Crippen LogP contribution is 2.19. The van der Waals surface area contributed by atoms with Crippen molar-refractivity contribution < 1.29 is 22.8 Å². The van der Waals surface area contributed by atoms with Crippen molar-refractivity contribution in [3.05, 3.63) is 46.8 Å². The largest absolute Gasteiger partial charge is 0.481 e. The molecule has 0 aliphatic rings. The van der Waals surface area contributed by atoms with Gasteiger partial charge in [0.2, 0.25) is 10.0 Å². The Hall–Kier alpha value is -2.19. The number of hydrogen-bond acceptors (Lipinski definition) is 5. The van der Waals surface area contributed by atoms with Gasteiger partial charge in [-0.2, -0.15) is 0 Å². The fourth-order valence-electron chi connectivity index (χ4n) is 2.17. The van der Waals surface area contributed by atoms with Crippen molar-refractivity contribution in [2.75, 3.05) is 0 Å². The van der Waals surface area contributed by atoms with Gasteiger partial charge in [-0.3, -0.25) is 4.79 Å². The number of nitrogens with one attached hydrogen (secondary N) is 1. The second-order valence-corrected chi connectivity index (χ2v) is 6.52. The van der Waals surface area contributed by atoms with E-state index in [1.807, 2.05) is 0 Å². The maximum Gasteiger partial charge on any atom is 0.307 e. The second-order valence-electron chi connectivity index (χ2n) is 4.82. The monoisotopic (exact) mass is 324 g/mol. The highest BCUT2D eigenvalue weighted by atomic mass is 32.2. The molecule has 0 spiro atoms. The fraction of sp³-hybridized carbons (Fsp3) is 0.286. The van der Waals surface area contributed by atoms with Gasteiger partial charge >= 0.3 is 5.97 Å². The van der Waals surface area contributed by atoms with E-state index in [0.29, 0.717) is 11.1 Å². The summed E-state index contributed by atoms with van der Waals surface area (Å²) in [5, 5.41) is 12.5. The van der Waals surface area contributed by atoms with Crippen molar-refractivity contribution >= 4 is 16.0 Å². The van der Waals surface area contributed by atoms with Crippen molar-refractivity contribution in [1.29, 1.82) is 0 Å². The Morgan fingerprint density at radius 1 is 1.27 bits per heavy atom. The Labute approximate surface area is 128 Å². The van der Waals surface area contributed by atoms with E-state index in [1.54, 1.807) is 31.2 Å². The van der Waals surface area contributed by atoms with Gasteiger partial charge in [0.15, 0.2) is 5.76 Å². The van der Waals surface area contributed by atoms with Gasteiger partial charge in [0.25, 0.3) is 0 Å².